The van der Waals surface area contributed by atoms with E-state index in [4.69, 9.17) is 0 Å². The molecule has 3 heterocycles. The lowest BCUT2D eigenvalue weighted by molar-refractivity contribution is -0.121. The van der Waals surface area contributed by atoms with Gasteiger partial charge in [0.2, 0.25) is 5.91 Å². The van der Waals surface area contributed by atoms with Gasteiger partial charge in [0, 0.05) is 6.54 Å². The van der Waals surface area contributed by atoms with Gasteiger partial charge in [-0.3, -0.25) is 4.79 Å². The van der Waals surface area contributed by atoms with Crippen LogP contribution < -0.4 is 11.0 Å². The summed E-state index contributed by atoms with van der Waals surface area (Å²) in [4.78, 5) is 28.6. The lowest BCUT2D eigenvalue weighted by Crippen LogP contribution is -2.33. The van der Waals surface area contributed by atoms with Crippen LogP contribution in [0.5, 0.6) is 0 Å². The van der Waals surface area contributed by atoms with Crippen LogP contribution in [0.2, 0.25) is 0 Å². The van der Waals surface area contributed by atoms with E-state index < -0.39 is 0 Å². The van der Waals surface area contributed by atoms with Crippen molar-refractivity contribution in [2.75, 3.05) is 6.54 Å². The number of aromatic nitrogens is 6. The molecule has 1 aromatic carbocycles. The summed E-state index contributed by atoms with van der Waals surface area (Å²) in [6, 6.07) is 8.04. The highest BCUT2D eigenvalue weighted by molar-refractivity contribution is 5.84. The van der Waals surface area contributed by atoms with Gasteiger partial charge in [-0.15, -0.1) is 5.10 Å². The minimum atomic E-state index is -0.213. The maximum absolute atomic E-state index is 12.9. The van der Waals surface area contributed by atoms with E-state index in [0.717, 1.165) is 22.0 Å². The molecular weight excluding hydrogens is 346 g/mol. The molecule has 0 atom stereocenters. The van der Waals surface area contributed by atoms with Crippen LogP contribution in [0.15, 0.2) is 41.7 Å². The number of rotatable bonds is 5. The Morgan fingerprint density at radius 1 is 1.22 bits per heavy atom. The van der Waals surface area contributed by atoms with Gasteiger partial charge in [0.25, 0.3) is 0 Å². The van der Waals surface area contributed by atoms with Gasteiger partial charge in [-0.25, -0.2) is 23.5 Å². The molecule has 0 aliphatic heterocycles. The Bertz CT molecular complexity index is 1190. The van der Waals surface area contributed by atoms with Crippen LogP contribution in [0.1, 0.15) is 11.1 Å². The lowest BCUT2D eigenvalue weighted by Gasteiger charge is -2.04. The van der Waals surface area contributed by atoms with Crippen LogP contribution in [-0.2, 0) is 17.9 Å². The first-order valence-electron chi connectivity index (χ1n) is 8.61. The van der Waals surface area contributed by atoms with Crippen molar-refractivity contribution in [1.29, 1.82) is 0 Å². The van der Waals surface area contributed by atoms with E-state index in [1.54, 1.807) is 4.40 Å². The molecule has 1 N–H and O–H groups in total. The van der Waals surface area contributed by atoms with Crippen LogP contribution in [-0.4, -0.2) is 41.4 Å². The first-order valence-corrected chi connectivity index (χ1v) is 8.61. The quantitative estimate of drug-likeness (QED) is 0.561. The number of nitrogens with one attached hydrogen (secondary N) is 1. The number of amides is 1. The van der Waals surface area contributed by atoms with E-state index in [1.165, 1.54) is 22.0 Å². The fourth-order valence-electron chi connectivity index (χ4n) is 3.11. The summed E-state index contributed by atoms with van der Waals surface area (Å²) in [5, 5.41) is 12.1. The Morgan fingerprint density at radius 3 is 2.85 bits per heavy atom. The number of pyridine rings is 1. The van der Waals surface area contributed by atoms with Crippen LogP contribution in [0.25, 0.3) is 16.6 Å². The van der Waals surface area contributed by atoms with E-state index in [2.05, 4.69) is 20.5 Å². The molecular formula is C18H19N7O2. The fourth-order valence-corrected chi connectivity index (χ4v) is 3.11. The van der Waals surface area contributed by atoms with Crippen LogP contribution in [0.4, 0.5) is 0 Å². The number of aryl methyl sites for hydroxylation is 2. The molecule has 0 radical (unpaired) electrons. The third kappa shape index (κ3) is 3.19. The van der Waals surface area contributed by atoms with Crippen molar-refractivity contribution in [2.24, 2.45) is 0 Å². The summed E-state index contributed by atoms with van der Waals surface area (Å²) in [7, 11) is 0. The number of benzene rings is 1. The number of carbonyl (C=O) groups excluding carboxylic acids is 1. The highest BCUT2D eigenvalue weighted by Crippen LogP contribution is 2.19. The molecule has 4 aromatic rings. The van der Waals surface area contributed by atoms with Gasteiger partial charge in [0.1, 0.15) is 19.2 Å². The second-order valence-electron chi connectivity index (χ2n) is 6.50. The first-order chi connectivity index (χ1) is 13.0. The van der Waals surface area contributed by atoms with Crippen LogP contribution in [0.3, 0.4) is 0 Å². The zero-order valence-corrected chi connectivity index (χ0v) is 15.1. The number of nitrogens with zero attached hydrogens (tertiary/aromatic N) is 6. The second-order valence-corrected chi connectivity index (χ2v) is 6.50. The molecule has 0 bridgehead atoms. The van der Waals surface area contributed by atoms with E-state index in [1.807, 2.05) is 38.1 Å². The Kier molecular flexibility index (Phi) is 4.19. The van der Waals surface area contributed by atoms with Crippen molar-refractivity contribution in [3.05, 3.63) is 58.5 Å². The van der Waals surface area contributed by atoms with Crippen molar-refractivity contribution < 1.29 is 4.79 Å². The molecule has 9 nitrogen and oxygen atoms in total. The molecule has 9 heteroatoms. The van der Waals surface area contributed by atoms with Gasteiger partial charge in [-0.2, -0.15) is 5.10 Å². The van der Waals surface area contributed by atoms with Crippen LogP contribution >= 0.6 is 0 Å². The molecule has 0 saturated carbocycles. The van der Waals surface area contributed by atoms with Crippen molar-refractivity contribution >= 4 is 22.5 Å². The topological polar surface area (TPSA) is 99.1 Å². The maximum atomic E-state index is 12.9. The van der Waals surface area contributed by atoms with Gasteiger partial charge in [0.15, 0.2) is 5.65 Å². The number of fused-ring (bicyclic) bond motifs is 3. The number of carbonyl (C=O) groups is 1. The van der Waals surface area contributed by atoms with E-state index in [9.17, 15) is 9.59 Å². The zero-order valence-electron chi connectivity index (χ0n) is 15.1. The Labute approximate surface area is 154 Å². The highest BCUT2D eigenvalue weighted by atomic mass is 16.2. The molecule has 0 spiro atoms. The van der Waals surface area contributed by atoms with Gasteiger partial charge in [-0.05, 0) is 42.5 Å². The van der Waals surface area contributed by atoms with Crippen molar-refractivity contribution in [3.63, 3.8) is 0 Å². The molecule has 0 saturated heterocycles. The predicted molar refractivity (Wildman–Crippen MR) is 99.5 cm³/mol. The summed E-state index contributed by atoms with van der Waals surface area (Å²) >= 11 is 0. The third-order valence-corrected chi connectivity index (χ3v) is 4.41. The molecule has 0 unspecified atom stereocenters. The molecule has 0 aliphatic carbocycles. The summed E-state index contributed by atoms with van der Waals surface area (Å²) < 4.78 is 4.46. The fraction of sp³-hybridized carbons (Fsp3) is 0.278. The smallest absolute Gasteiger partial charge is 0.350 e. The largest absolute Gasteiger partial charge is 0.353 e. The van der Waals surface area contributed by atoms with E-state index in [-0.39, 0.29) is 24.7 Å². The maximum Gasteiger partial charge on any atom is 0.350 e. The minimum absolute atomic E-state index is 0.0864. The molecule has 27 heavy (non-hydrogen) atoms. The molecule has 1 amide bonds. The Hall–Kier alpha value is -3.49. The molecule has 3 aromatic heterocycles. The summed E-state index contributed by atoms with van der Waals surface area (Å²) in [5.41, 5.74) is 3.26. The predicted octanol–water partition coefficient (Wildman–Crippen LogP) is 0.674. The van der Waals surface area contributed by atoms with Crippen molar-refractivity contribution in [2.45, 2.75) is 26.9 Å². The highest BCUT2D eigenvalue weighted by Gasteiger charge is 2.13. The normalized spacial score (nSPS) is 11.3. The minimum Gasteiger partial charge on any atom is -0.353 e. The van der Waals surface area contributed by atoms with E-state index in [0.29, 0.717) is 12.2 Å². The average molecular weight is 365 g/mol. The van der Waals surface area contributed by atoms with Crippen LogP contribution in [0, 0.1) is 13.8 Å². The monoisotopic (exact) mass is 365 g/mol. The molecule has 0 fully saturated rings. The standard InChI is InChI=1S/C18H19N7O2/c1-12-3-4-14-8-13(2)17-22-24(18(27)25(17)15(14)7-12)6-5-20-16(26)9-23-11-19-10-21-23/h3-4,7-8,10-11H,5-6,9H2,1-2H3,(H,20,26). The van der Waals surface area contributed by atoms with Crippen molar-refractivity contribution in [1.82, 2.24) is 34.3 Å². The van der Waals surface area contributed by atoms with Crippen molar-refractivity contribution in [3.8, 4) is 0 Å². The summed E-state index contributed by atoms with van der Waals surface area (Å²) in [6.45, 7) is 4.60. The lowest BCUT2D eigenvalue weighted by atomic mass is 10.1. The summed E-state index contributed by atoms with van der Waals surface area (Å²) in [6.07, 6.45) is 2.85. The number of hydrogen-bond donors (Lipinski definition) is 1. The molecule has 0 aliphatic rings. The first kappa shape index (κ1) is 17.0. The summed E-state index contributed by atoms with van der Waals surface area (Å²) in [5.74, 6) is -0.199. The zero-order chi connectivity index (χ0) is 19.0. The Balaban J connectivity index is 1.57. The van der Waals surface area contributed by atoms with Gasteiger partial charge in [0.05, 0.1) is 12.1 Å². The van der Waals surface area contributed by atoms with Gasteiger partial charge in [-0.1, -0.05) is 12.1 Å². The molecule has 138 valence electrons. The van der Waals surface area contributed by atoms with Gasteiger partial charge < -0.3 is 5.32 Å². The SMILES string of the molecule is Cc1ccc2cc(C)c3nn(CCNC(=O)Cn4cncn4)c(=O)n3c2c1. The van der Waals surface area contributed by atoms with Gasteiger partial charge >= 0.3 is 5.69 Å². The second kappa shape index (κ2) is 6.67. The molecule has 4 rings (SSSR count). The van der Waals surface area contributed by atoms with E-state index >= 15 is 0 Å². The average Bonchev–Trinajstić information content (AvgIpc) is 3.25. The Morgan fingerprint density at radius 2 is 2.07 bits per heavy atom. The third-order valence-electron chi connectivity index (χ3n) is 4.41. The number of hydrogen-bond acceptors (Lipinski definition) is 5.